The zero-order valence-electron chi connectivity index (χ0n) is 24.4. The number of carbonyl (C=O) groups is 3. The molecular formula is C31H40ClN5O4. The Morgan fingerprint density at radius 1 is 1.12 bits per heavy atom. The predicted molar refractivity (Wildman–Crippen MR) is 159 cm³/mol. The van der Waals surface area contributed by atoms with Crippen molar-refractivity contribution in [2.24, 2.45) is 5.92 Å². The summed E-state index contributed by atoms with van der Waals surface area (Å²) in [6, 6.07) is 13.0. The zero-order valence-corrected chi connectivity index (χ0v) is 25.2. The second-order valence-electron chi connectivity index (χ2n) is 12.1. The van der Waals surface area contributed by atoms with E-state index in [9.17, 15) is 14.4 Å². The van der Waals surface area contributed by atoms with E-state index in [1.165, 1.54) is 0 Å². The van der Waals surface area contributed by atoms with Crippen LogP contribution in [0.4, 0.5) is 4.79 Å². The predicted octanol–water partition coefficient (Wildman–Crippen LogP) is 5.22. The van der Waals surface area contributed by atoms with Crippen LogP contribution in [-0.2, 0) is 16.0 Å². The van der Waals surface area contributed by atoms with E-state index < -0.39 is 5.60 Å². The van der Waals surface area contributed by atoms with Gasteiger partial charge in [0.2, 0.25) is 5.91 Å². The molecule has 0 bridgehead atoms. The highest BCUT2D eigenvalue weighted by Crippen LogP contribution is 2.25. The summed E-state index contributed by atoms with van der Waals surface area (Å²) in [5, 5.41) is 6.78. The molecule has 3 heterocycles. The number of rotatable bonds is 9. The monoisotopic (exact) mass is 581 g/mol. The van der Waals surface area contributed by atoms with E-state index in [1.807, 2.05) is 51.1 Å². The number of fused-ring (bicyclic) bond motifs is 1. The van der Waals surface area contributed by atoms with Gasteiger partial charge in [-0.3, -0.25) is 14.0 Å². The van der Waals surface area contributed by atoms with E-state index in [4.69, 9.17) is 16.3 Å². The molecule has 2 N–H and O–H groups in total. The number of amides is 3. The SMILES string of the molecule is CC(C)CC(CNC(=O)c1cccc2nc(CC(=O)NC3CCN(C(=O)OC(C)(C)C)C3)cn12)c1ccc(Cl)cc1. The second kappa shape index (κ2) is 12.9. The molecule has 3 amide bonds. The first-order chi connectivity index (χ1) is 19.4. The number of halogens is 1. The van der Waals surface area contributed by atoms with Crippen molar-refractivity contribution in [3.63, 3.8) is 0 Å². The van der Waals surface area contributed by atoms with Gasteiger partial charge >= 0.3 is 6.09 Å². The maximum absolute atomic E-state index is 13.3. The molecule has 220 valence electrons. The second-order valence-corrected chi connectivity index (χ2v) is 12.6. The molecule has 1 aromatic carbocycles. The molecule has 0 saturated carbocycles. The van der Waals surface area contributed by atoms with Gasteiger partial charge in [-0.25, -0.2) is 9.78 Å². The van der Waals surface area contributed by atoms with Crippen LogP contribution >= 0.6 is 11.6 Å². The van der Waals surface area contributed by atoms with Crippen molar-refractivity contribution in [2.45, 2.75) is 71.4 Å². The van der Waals surface area contributed by atoms with Crippen molar-refractivity contribution < 1.29 is 19.1 Å². The summed E-state index contributed by atoms with van der Waals surface area (Å²) in [7, 11) is 0. The van der Waals surface area contributed by atoms with Crippen molar-refractivity contribution in [3.05, 3.63) is 70.6 Å². The zero-order chi connectivity index (χ0) is 29.7. The number of imidazole rings is 1. The van der Waals surface area contributed by atoms with E-state index in [1.54, 1.807) is 27.6 Å². The van der Waals surface area contributed by atoms with Crippen LogP contribution in [0.15, 0.2) is 48.7 Å². The average Bonchev–Trinajstić information content (AvgIpc) is 3.52. The van der Waals surface area contributed by atoms with E-state index in [2.05, 4.69) is 29.5 Å². The molecule has 4 rings (SSSR count). The number of benzene rings is 1. The fraction of sp³-hybridized carbons (Fsp3) is 0.484. The Labute approximate surface area is 246 Å². The van der Waals surface area contributed by atoms with Crippen LogP contribution in [-0.4, -0.2) is 63.5 Å². The molecule has 2 aromatic heterocycles. The largest absolute Gasteiger partial charge is 0.444 e. The van der Waals surface area contributed by atoms with Crippen molar-refractivity contribution >= 4 is 35.2 Å². The summed E-state index contributed by atoms with van der Waals surface area (Å²) in [5.74, 6) is 0.220. The van der Waals surface area contributed by atoms with Gasteiger partial charge in [0.15, 0.2) is 0 Å². The highest BCUT2D eigenvalue weighted by Gasteiger charge is 2.30. The van der Waals surface area contributed by atoms with Gasteiger partial charge in [0.1, 0.15) is 16.9 Å². The van der Waals surface area contributed by atoms with Gasteiger partial charge < -0.3 is 20.3 Å². The number of carbonyl (C=O) groups excluding carboxylic acids is 3. The molecule has 0 aliphatic carbocycles. The van der Waals surface area contributed by atoms with Gasteiger partial charge in [-0.2, -0.15) is 0 Å². The molecule has 2 unspecified atom stereocenters. The normalized spacial score (nSPS) is 16.2. The van der Waals surface area contributed by atoms with Gasteiger partial charge in [0.25, 0.3) is 5.91 Å². The third-order valence-corrected chi connectivity index (χ3v) is 7.18. The maximum atomic E-state index is 13.3. The Bertz CT molecular complexity index is 1380. The first-order valence-corrected chi connectivity index (χ1v) is 14.5. The standard InChI is InChI=1S/C31H40ClN5O4/c1-20(2)15-22(21-9-11-23(32)12-10-21)17-33-29(39)26-7-6-8-27-34-25(19-37(26)27)16-28(38)35-24-13-14-36(18-24)30(40)41-31(3,4)5/h6-12,19-20,22,24H,13-18H2,1-5H3,(H,33,39)(H,35,38). The summed E-state index contributed by atoms with van der Waals surface area (Å²) in [6.07, 6.45) is 3.01. The van der Waals surface area contributed by atoms with E-state index >= 15 is 0 Å². The van der Waals surface area contributed by atoms with Crippen LogP contribution in [0.2, 0.25) is 5.02 Å². The van der Waals surface area contributed by atoms with E-state index in [0.717, 1.165) is 12.0 Å². The maximum Gasteiger partial charge on any atom is 0.410 e. The molecule has 1 fully saturated rings. The van der Waals surface area contributed by atoms with Crippen molar-refractivity contribution in [1.29, 1.82) is 0 Å². The first kappa shape index (κ1) is 30.4. The summed E-state index contributed by atoms with van der Waals surface area (Å²) in [4.78, 5) is 44.6. The van der Waals surface area contributed by atoms with Crippen molar-refractivity contribution in [3.8, 4) is 0 Å². The minimum absolute atomic E-state index is 0.0682. The number of nitrogens with zero attached hydrogens (tertiary/aromatic N) is 3. The Morgan fingerprint density at radius 2 is 1.85 bits per heavy atom. The highest BCUT2D eigenvalue weighted by molar-refractivity contribution is 6.30. The molecular weight excluding hydrogens is 542 g/mol. The molecule has 2 atom stereocenters. The first-order valence-electron chi connectivity index (χ1n) is 14.2. The number of ether oxygens (including phenoxy) is 1. The lowest BCUT2D eigenvalue weighted by molar-refractivity contribution is -0.121. The van der Waals surface area contributed by atoms with E-state index in [0.29, 0.717) is 54.0 Å². The van der Waals surface area contributed by atoms with Crippen LogP contribution < -0.4 is 10.6 Å². The number of pyridine rings is 1. The molecule has 41 heavy (non-hydrogen) atoms. The highest BCUT2D eigenvalue weighted by atomic mass is 35.5. The third-order valence-electron chi connectivity index (χ3n) is 6.93. The lowest BCUT2D eigenvalue weighted by Crippen LogP contribution is -2.40. The number of likely N-dealkylation sites (tertiary alicyclic amines) is 1. The molecule has 3 aromatic rings. The Hall–Kier alpha value is -3.59. The fourth-order valence-electron chi connectivity index (χ4n) is 5.09. The number of nitrogens with one attached hydrogen (secondary N) is 2. The van der Waals surface area contributed by atoms with Gasteiger partial charge in [-0.1, -0.05) is 43.6 Å². The number of hydrogen-bond acceptors (Lipinski definition) is 5. The number of aromatic nitrogens is 2. The van der Waals surface area contributed by atoms with Crippen LogP contribution in [0.1, 0.15) is 75.1 Å². The summed E-state index contributed by atoms with van der Waals surface area (Å²) in [6.45, 7) is 11.2. The van der Waals surface area contributed by atoms with Crippen molar-refractivity contribution in [1.82, 2.24) is 24.9 Å². The molecule has 9 nitrogen and oxygen atoms in total. The van der Waals surface area contributed by atoms with Crippen LogP contribution in [0.3, 0.4) is 0 Å². The van der Waals surface area contributed by atoms with Gasteiger partial charge in [-0.05, 0) is 69.4 Å². The third kappa shape index (κ3) is 8.45. The molecule has 1 aliphatic rings. The molecule has 10 heteroatoms. The molecule has 0 spiro atoms. The molecule has 1 saturated heterocycles. The van der Waals surface area contributed by atoms with Gasteiger partial charge in [-0.15, -0.1) is 0 Å². The fourth-order valence-corrected chi connectivity index (χ4v) is 5.22. The lowest BCUT2D eigenvalue weighted by atomic mass is 9.90. The number of hydrogen-bond donors (Lipinski definition) is 2. The average molecular weight is 582 g/mol. The van der Waals surface area contributed by atoms with Crippen LogP contribution in [0.25, 0.3) is 5.65 Å². The van der Waals surface area contributed by atoms with Crippen molar-refractivity contribution in [2.75, 3.05) is 19.6 Å². The molecule has 1 aliphatic heterocycles. The summed E-state index contributed by atoms with van der Waals surface area (Å²) >= 11 is 6.07. The topological polar surface area (TPSA) is 105 Å². The minimum Gasteiger partial charge on any atom is -0.444 e. The summed E-state index contributed by atoms with van der Waals surface area (Å²) < 4.78 is 7.15. The Morgan fingerprint density at radius 3 is 2.54 bits per heavy atom. The smallest absolute Gasteiger partial charge is 0.410 e. The van der Waals surface area contributed by atoms with Gasteiger partial charge in [0.05, 0.1) is 12.1 Å². The summed E-state index contributed by atoms with van der Waals surface area (Å²) in [5.41, 5.74) is 2.17. The van der Waals surface area contributed by atoms with Crippen LogP contribution in [0.5, 0.6) is 0 Å². The Kier molecular flexibility index (Phi) is 9.58. The Balaban J connectivity index is 1.37. The lowest BCUT2D eigenvalue weighted by Gasteiger charge is -2.24. The molecule has 0 radical (unpaired) electrons. The quantitative estimate of drug-likeness (QED) is 0.361. The van der Waals surface area contributed by atoms with Gasteiger partial charge in [0, 0.05) is 42.8 Å². The minimum atomic E-state index is -0.566. The van der Waals surface area contributed by atoms with Crippen LogP contribution in [0, 0.1) is 5.92 Å². The van der Waals surface area contributed by atoms with E-state index in [-0.39, 0.29) is 36.3 Å².